The number of nitrogens with two attached hydrogens (primary N) is 1. The molecule has 112 valence electrons. The predicted octanol–water partition coefficient (Wildman–Crippen LogP) is 2.43. The first-order chi connectivity index (χ1) is 10.1. The number of aromatic nitrogens is 2. The van der Waals surface area contributed by atoms with Crippen molar-refractivity contribution >= 4 is 11.6 Å². The third kappa shape index (κ3) is 3.81. The molecule has 0 radical (unpaired) electrons. The smallest absolute Gasteiger partial charge is 0.223 e. The summed E-state index contributed by atoms with van der Waals surface area (Å²) in [5.74, 6) is 1.40. The van der Waals surface area contributed by atoms with Crippen LogP contribution in [0, 0.1) is 6.92 Å². The number of nitrogens with zero attached hydrogens (tertiary/aromatic N) is 3. The Bertz CT molecular complexity index is 610. The number of aliphatic imine (C=N–C) groups is 1. The van der Waals surface area contributed by atoms with Gasteiger partial charge in [-0.1, -0.05) is 37.2 Å². The van der Waals surface area contributed by atoms with E-state index in [0.29, 0.717) is 24.2 Å². The molecule has 0 bridgehead atoms. The van der Waals surface area contributed by atoms with Gasteiger partial charge in [-0.05, 0) is 24.0 Å². The number of rotatable bonds is 5. The van der Waals surface area contributed by atoms with E-state index in [2.05, 4.69) is 52.5 Å². The van der Waals surface area contributed by atoms with Crippen LogP contribution in [-0.4, -0.2) is 16.1 Å². The summed E-state index contributed by atoms with van der Waals surface area (Å²) in [6.07, 6.45) is 1.88. The second-order valence-electron chi connectivity index (χ2n) is 4.71. The van der Waals surface area contributed by atoms with Gasteiger partial charge < -0.3 is 15.6 Å². The Morgan fingerprint density at radius 3 is 2.48 bits per heavy atom. The molecule has 0 atom stereocenters. The third-order valence-electron chi connectivity index (χ3n) is 3.21. The van der Waals surface area contributed by atoms with E-state index < -0.39 is 0 Å². The van der Waals surface area contributed by atoms with Crippen LogP contribution in [-0.2, 0) is 19.4 Å². The molecule has 0 aliphatic heterocycles. The first-order valence-corrected chi connectivity index (χ1v) is 7.10. The number of para-hydroxylation sites is 1. The molecule has 6 nitrogen and oxygen atoms in total. The van der Waals surface area contributed by atoms with Crippen molar-refractivity contribution < 1.29 is 4.52 Å². The molecule has 0 amide bonds. The zero-order valence-electron chi connectivity index (χ0n) is 12.7. The Hall–Kier alpha value is -2.37. The predicted molar refractivity (Wildman–Crippen MR) is 83.2 cm³/mol. The summed E-state index contributed by atoms with van der Waals surface area (Å²) >= 11 is 0. The van der Waals surface area contributed by atoms with Crippen molar-refractivity contribution in [2.45, 2.75) is 40.2 Å². The molecule has 6 heteroatoms. The van der Waals surface area contributed by atoms with E-state index in [0.717, 1.165) is 18.5 Å². The van der Waals surface area contributed by atoms with Crippen LogP contribution >= 0.6 is 0 Å². The number of anilines is 1. The normalized spacial score (nSPS) is 11.7. The highest BCUT2D eigenvalue weighted by molar-refractivity contribution is 5.93. The Kier molecular flexibility index (Phi) is 4.92. The molecule has 0 saturated heterocycles. The SMILES string of the molecule is CCc1cccc(CC)c1NC(N)=NCc1noc(C)n1. The molecule has 1 aromatic carbocycles. The summed E-state index contributed by atoms with van der Waals surface area (Å²) in [4.78, 5) is 8.34. The van der Waals surface area contributed by atoms with Crippen LogP contribution in [0.25, 0.3) is 0 Å². The summed E-state index contributed by atoms with van der Waals surface area (Å²) in [6.45, 7) is 6.28. The molecule has 0 fully saturated rings. The first-order valence-electron chi connectivity index (χ1n) is 7.10. The molecule has 0 saturated carbocycles. The Morgan fingerprint density at radius 2 is 1.95 bits per heavy atom. The second kappa shape index (κ2) is 6.88. The van der Waals surface area contributed by atoms with Gasteiger partial charge in [-0.3, -0.25) is 0 Å². The minimum absolute atomic E-state index is 0.298. The van der Waals surface area contributed by atoms with Crippen LogP contribution in [0.5, 0.6) is 0 Å². The molecule has 0 aliphatic carbocycles. The molecule has 0 spiro atoms. The van der Waals surface area contributed by atoms with Gasteiger partial charge in [0, 0.05) is 12.6 Å². The zero-order valence-corrected chi connectivity index (χ0v) is 12.7. The number of nitrogens with one attached hydrogen (secondary N) is 1. The molecule has 0 aliphatic rings. The number of hydrogen-bond donors (Lipinski definition) is 2. The monoisotopic (exact) mass is 287 g/mol. The van der Waals surface area contributed by atoms with E-state index in [-0.39, 0.29) is 0 Å². The van der Waals surface area contributed by atoms with Crippen LogP contribution in [0.4, 0.5) is 5.69 Å². The summed E-state index contributed by atoms with van der Waals surface area (Å²) in [5, 5.41) is 6.99. The molecule has 3 N–H and O–H groups in total. The molecule has 2 rings (SSSR count). The van der Waals surface area contributed by atoms with Crippen molar-refractivity contribution in [2.75, 3.05) is 5.32 Å². The highest BCUT2D eigenvalue weighted by atomic mass is 16.5. The van der Waals surface area contributed by atoms with Gasteiger partial charge in [-0.2, -0.15) is 4.98 Å². The lowest BCUT2D eigenvalue weighted by Crippen LogP contribution is -2.24. The lowest BCUT2D eigenvalue weighted by atomic mass is 10.0. The van der Waals surface area contributed by atoms with Crippen molar-refractivity contribution in [2.24, 2.45) is 10.7 Å². The van der Waals surface area contributed by atoms with Gasteiger partial charge in [0.2, 0.25) is 5.89 Å². The van der Waals surface area contributed by atoms with E-state index in [1.807, 2.05) is 0 Å². The van der Waals surface area contributed by atoms with Gasteiger partial charge in [0.15, 0.2) is 11.8 Å². The van der Waals surface area contributed by atoms with E-state index >= 15 is 0 Å². The Labute approximate surface area is 124 Å². The van der Waals surface area contributed by atoms with Gasteiger partial charge in [0.25, 0.3) is 0 Å². The topological polar surface area (TPSA) is 89.3 Å². The average molecular weight is 287 g/mol. The molecular weight excluding hydrogens is 266 g/mol. The Balaban J connectivity index is 2.13. The number of aryl methyl sites for hydroxylation is 3. The largest absolute Gasteiger partial charge is 0.370 e. The summed E-state index contributed by atoms with van der Waals surface area (Å²) in [5.41, 5.74) is 9.46. The Morgan fingerprint density at radius 1 is 1.29 bits per heavy atom. The van der Waals surface area contributed by atoms with Crippen molar-refractivity contribution in [3.63, 3.8) is 0 Å². The summed E-state index contributed by atoms with van der Waals surface area (Å²) in [7, 11) is 0. The standard InChI is InChI=1S/C15H21N5O/c1-4-11-7-6-8-12(5-2)14(11)19-15(16)17-9-13-18-10(3)21-20-13/h6-8H,4-5,9H2,1-3H3,(H3,16,17,19). The molecule has 2 aromatic rings. The fourth-order valence-electron chi connectivity index (χ4n) is 2.13. The minimum Gasteiger partial charge on any atom is -0.370 e. The second-order valence-corrected chi connectivity index (χ2v) is 4.71. The first kappa shape index (κ1) is 15.0. The van der Waals surface area contributed by atoms with Gasteiger partial charge in [-0.25, -0.2) is 4.99 Å². The maximum Gasteiger partial charge on any atom is 0.223 e. The molecule has 21 heavy (non-hydrogen) atoms. The fourth-order valence-corrected chi connectivity index (χ4v) is 2.13. The van der Waals surface area contributed by atoms with Crippen LogP contribution in [0.3, 0.4) is 0 Å². The highest BCUT2D eigenvalue weighted by Crippen LogP contribution is 2.22. The number of benzene rings is 1. The molecule has 1 heterocycles. The lowest BCUT2D eigenvalue weighted by Gasteiger charge is -2.14. The minimum atomic E-state index is 0.298. The van der Waals surface area contributed by atoms with E-state index in [1.165, 1.54) is 11.1 Å². The highest BCUT2D eigenvalue weighted by Gasteiger charge is 2.07. The average Bonchev–Trinajstić information content (AvgIpc) is 2.91. The van der Waals surface area contributed by atoms with Crippen LogP contribution in [0.15, 0.2) is 27.7 Å². The molecule has 0 unspecified atom stereocenters. The third-order valence-corrected chi connectivity index (χ3v) is 3.21. The number of guanidine groups is 1. The van der Waals surface area contributed by atoms with Crippen molar-refractivity contribution in [1.82, 2.24) is 10.1 Å². The van der Waals surface area contributed by atoms with Crippen LogP contribution in [0.2, 0.25) is 0 Å². The fraction of sp³-hybridized carbons (Fsp3) is 0.400. The number of hydrogen-bond acceptors (Lipinski definition) is 4. The maximum atomic E-state index is 5.96. The van der Waals surface area contributed by atoms with Gasteiger partial charge in [-0.15, -0.1) is 0 Å². The summed E-state index contributed by atoms with van der Waals surface area (Å²) in [6, 6.07) is 6.26. The van der Waals surface area contributed by atoms with E-state index in [4.69, 9.17) is 10.3 Å². The van der Waals surface area contributed by atoms with Gasteiger partial charge >= 0.3 is 0 Å². The quantitative estimate of drug-likeness (QED) is 0.651. The molecular formula is C15H21N5O. The summed E-state index contributed by atoms with van der Waals surface area (Å²) < 4.78 is 4.90. The van der Waals surface area contributed by atoms with E-state index in [1.54, 1.807) is 6.92 Å². The maximum absolute atomic E-state index is 5.96. The van der Waals surface area contributed by atoms with Crippen LogP contribution in [0.1, 0.15) is 36.7 Å². The van der Waals surface area contributed by atoms with Crippen LogP contribution < -0.4 is 11.1 Å². The van der Waals surface area contributed by atoms with Gasteiger partial charge in [0.1, 0.15) is 6.54 Å². The van der Waals surface area contributed by atoms with Crippen molar-refractivity contribution in [3.05, 3.63) is 41.0 Å². The molecule has 1 aromatic heterocycles. The van der Waals surface area contributed by atoms with E-state index in [9.17, 15) is 0 Å². The lowest BCUT2D eigenvalue weighted by molar-refractivity contribution is 0.387. The van der Waals surface area contributed by atoms with Crippen molar-refractivity contribution in [3.8, 4) is 0 Å². The van der Waals surface area contributed by atoms with Gasteiger partial charge in [0.05, 0.1) is 0 Å². The zero-order chi connectivity index (χ0) is 15.2. The van der Waals surface area contributed by atoms with Crippen molar-refractivity contribution in [1.29, 1.82) is 0 Å².